The summed E-state index contributed by atoms with van der Waals surface area (Å²) >= 11 is 0. The van der Waals surface area contributed by atoms with Crippen molar-refractivity contribution in [2.24, 2.45) is 0 Å². The second kappa shape index (κ2) is 8.55. The normalized spacial score (nSPS) is 12.1. The Kier molecular flexibility index (Phi) is 5.93. The lowest BCUT2D eigenvalue weighted by Gasteiger charge is -2.16. The molecular weight excluding hydrogens is 335 g/mol. The molecule has 0 fully saturated rings. The van der Waals surface area contributed by atoms with Gasteiger partial charge in [0.25, 0.3) is 0 Å². The predicted octanol–water partition coefficient (Wildman–Crippen LogP) is 2.30. The highest BCUT2D eigenvalue weighted by Gasteiger charge is 2.20. The molecule has 0 unspecified atom stereocenters. The number of halogens is 1. The van der Waals surface area contributed by atoms with E-state index in [0.29, 0.717) is 23.9 Å². The van der Waals surface area contributed by atoms with Crippen molar-refractivity contribution in [3.05, 3.63) is 77.6 Å². The van der Waals surface area contributed by atoms with Gasteiger partial charge in [-0.15, -0.1) is 0 Å². The van der Waals surface area contributed by atoms with Crippen molar-refractivity contribution in [1.82, 2.24) is 20.1 Å². The van der Waals surface area contributed by atoms with Crippen molar-refractivity contribution < 1.29 is 14.2 Å². The first kappa shape index (κ1) is 18.0. The number of benzene rings is 2. The minimum atomic E-state index is -0.360. The number of ether oxygens (including phenoxy) is 1. The van der Waals surface area contributed by atoms with E-state index in [4.69, 9.17) is 4.74 Å². The van der Waals surface area contributed by atoms with Crippen molar-refractivity contribution in [2.45, 2.75) is 19.2 Å². The molecule has 7 heteroatoms. The van der Waals surface area contributed by atoms with Gasteiger partial charge in [0, 0.05) is 6.07 Å². The summed E-state index contributed by atoms with van der Waals surface area (Å²) < 4.78 is 20.5. The van der Waals surface area contributed by atoms with E-state index in [1.807, 2.05) is 37.4 Å². The molecule has 3 rings (SSSR count). The average molecular weight is 356 g/mol. The third kappa shape index (κ3) is 4.25. The summed E-state index contributed by atoms with van der Waals surface area (Å²) in [5.74, 6) is 1.21. The molecular formula is C19H21FN4O2. The lowest BCUT2D eigenvalue weighted by atomic mass is 10.1. The minimum absolute atomic E-state index is 0.0498. The Morgan fingerprint density at radius 3 is 2.69 bits per heavy atom. The highest BCUT2D eigenvalue weighted by Crippen LogP contribution is 2.21. The molecule has 6 nitrogen and oxygen atoms in total. The van der Waals surface area contributed by atoms with Crippen LogP contribution >= 0.6 is 0 Å². The first-order chi connectivity index (χ1) is 12.7. The van der Waals surface area contributed by atoms with Crippen LogP contribution in [-0.2, 0) is 13.2 Å². The van der Waals surface area contributed by atoms with E-state index in [9.17, 15) is 9.50 Å². The van der Waals surface area contributed by atoms with Crippen molar-refractivity contribution in [2.75, 3.05) is 13.7 Å². The monoisotopic (exact) mass is 356 g/mol. The van der Waals surface area contributed by atoms with Crippen LogP contribution in [0.2, 0.25) is 0 Å². The maximum absolute atomic E-state index is 13.2. The number of hydrogen-bond donors (Lipinski definition) is 2. The molecule has 136 valence electrons. The molecule has 0 saturated heterocycles. The van der Waals surface area contributed by atoms with Crippen molar-refractivity contribution in [3.63, 3.8) is 0 Å². The Labute approximate surface area is 151 Å². The van der Waals surface area contributed by atoms with E-state index in [0.717, 1.165) is 5.56 Å². The summed E-state index contributed by atoms with van der Waals surface area (Å²) in [7, 11) is 1.85. The third-order valence-corrected chi connectivity index (χ3v) is 3.90. The molecule has 0 aliphatic heterocycles. The third-order valence-electron chi connectivity index (χ3n) is 3.90. The molecule has 0 spiro atoms. The summed E-state index contributed by atoms with van der Waals surface area (Å²) in [5.41, 5.74) is 1.04. The van der Waals surface area contributed by atoms with Gasteiger partial charge < -0.3 is 15.2 Å². The van der Waals surface area contributed by atoms with Crippen LogP contribution in [0.15, 0.2) is 54.6 Å². The second-order valence-corrected chi connectivity index (χ2v) is 5.71. The zero-order valence-corrected chi connectivity index (χ0v) is 14.5. The molecule has 0 aliphatic carbocycles. The van der Waals surface area contributed by atoms with Gasteiger partial charge in [0.15, 0.2) is 5.82 Å². The van der Waals surface area contributed by atoms with Crippen molar-refractivity contribution >= 4 is 0 Å². The van der Waals surface area contributed by atoms with Gasteiger partial charge in [-0.3, -0.25) is 0 Å². The average Bonchev–Trinajstić information content (AvgIpc) is 3.05. The summed E-state index contributed by atoms with van der Waals surface area (Å²) in [6.45, 7) is 0.388. The summed E-state index contributed by atoms with van der Waals surface area (Å²) in [6.07, 6.45) is 0. The van der Waals surface area contributed by atoms with Gasteiger partial charge in [-0.05, 0) is 24.7 Å². The molecule has 0 amide bonds. The fourth-order valence-corrected chi connectivity index (χ4v) is 2.73. The molecule has 1 atom stereocenters. The van der Waals surface area contributed by atoms with E-state index in [1.54, 1.807) is 16.8 Å². The van der Waals surface area contributed by atoms with Crippen molar-refractivity contribution in [1.29, 1.82) is 0 Å². The Balaban J connectivity index is 1.83. The second-order valence-electron chi connectivity index (χ2n) is 5.71. The van der Waals surface area contributed by atoms with Gasteiger partial charge in [0.1, 0.15) is 24.0 Å². The maximum atomic E-state index is 13.2. The van der Waals surface area contributed by atoms with Crippen LogP contribution in [0, 0.1) is 5.82 Å². The predicted molar refractivity (Wildman–Crippen MR) is 95.2 cm³/mol. The Bertz CT molecular complexity index is 839. The van der Waals surface area contributed by atoms with Crippen LogP contribution in [0.5, 0.6) is 5.75 Å². The van der Waals surface area contributed by atoms with Gasteiger partial charge in [-0.25, -0.2) is 14.1 Å². The number of aliphatic hydroxyl groups excluding tert-OH is 1. The smallest absolute Gasteiger partial charge is 0.188 e. The molecule has 1 aromatic heterocycles. The van der Waals surface area contributed by atoms with Crippen molar-refractivity contribution in [3.8, 4) is 5.75 Å². The first-order valence-corrected chi connectivity index (χ1v) is 8.36. The minimum Gasteiger partial charge on any atom is -0.485 e. The molecule has 26 heavy (non-hydrogen) atoms. The molecule has 0 radical (unpaired) electrons. The van der Waals surface area contributed by atoms with Gasteiger partial charge in [-0.1, -0.05) is 36.4 Å². The number of nitrogens with one attached hydrogen (secondary N) is 1. The lowest BCUT2D eigenvalue weighted by molar-refractivity contribution is 0.262. The largest absolute Gasteiger partial charge is 0.485 e. The zero-order chi connectivity index (χ0) is 18.4. The SMILES string of the molecule is CN[C@@H](c1ccccc1)c1nc(COc2cccc(F)c2)nn1CCO. The highest BCUT2D eigenvalue weighted by atomic mass is 19.1. The van der Waals surface area contributed by atoms with Crippen LogP contribution in [0.25, 0.3) is 0 Å². The molecule has 0 aliphatic rings. The van der Waals surface area contributed by atoms with Gasteiger partial charge in [-0.2, -0.15) is 5.10 Å². The highest BCUT2D eigenvalue weighted by molar-refractivity contribution is 5.25. The Morgan fingerprint density at radius 1 is 1.19 bits per heavy atom. The fraction of sp³-hybridized carbons (Fsp3) is 0.263. The Morgan fingerprint density at radius 2 is 2.00 bits per heavy atom. The zero-order valence-electron chi connectivity index (χ0n) is 14.5. The number of nitrogens with zero attached hydrogens (tertiary/aromatic N) is 3. The molecule has 2 aromatic carbocycles. The van der Waals surface area contributed by atoms with E-state index < -0.39 is 0 Å². The van der Waals surface area contributed by atoms with Crippen LogP contribution in [0.1, 0.15) is 23.3 Å². The number of rotatable bonds is 8. The first-order valence-electron chi connectivity index (χ1n) is 8.36. The molecule has 1 heterocycles. The maximum Gasteiger partial charge on any atom is 0.188 e. The molecule has 0 bridgehead atoms. The summed E-state index contributed by atoms with van der Waals surface area (Å²) in [5, 5.41) is 17.0. The standard InChI is InChI=1S/C19H21FN4O2/c1-21-18(14-6-3-2-4-7-14)19-22-17(23-24(19)10-11-25)13-26-16-9-5-8-15(20)12-16/h2-9,12,18,21,25H,10-11,13H2,1H3/t18-/m0/s1. The summed E-state index contributed by atoms with van der Waals surface area (Å²) in [6, 6.07) is 15.6. The number of aliphatic hydroxyl groups is 1. The lowest BCUT2D eigenvalue weighted by Crippen LogP contribution is -2.23. The molecule has 2 N–H and O–H groups in total. The van der Waals surface area contributed by atoms with Gasteiger partial charge >= 0.3 is 0 Å². The summed E-state index contributed by atoms with van der Waals surface area (Å²) in [4.78, 5) is 4.57. The van der Waals surface area contributed by atoms with E-state index >= 15 is 0 Å². The van der Waals surface area contributed by atoms with Crippen LogP contribution < -0.4 is 10.1 Å². The topological polar surface area (TPSA) is 72.2 Å². The van der Waals surface area contributed by atoms with Crippen LogP contribution in [-0.4, -0.2) is 33.5 Å². The molecule has 3 aromatic rings. The van der Waals surface area contributed by atoms with E-state index in [1.165, 1.54) is 12.1 Å². The van der Waals surface area contributed by atoms with E-state index in [2.05, 4.69) is 15.4 Å². The fourth-order valence-electron chi connectivity index (χ4n) is 2.73. The van der Waals surface area contributed by atoms with Gasteiger partial charge in [0.2, 0.25) is 0 Å². The number of hydrogen-bond acceptors (Lipinski definition) is 5. The number of aromatic nitrogens is 3. The van der Waals surface area contributed by atoms with Gasteiger partial charge in [0.05, 0.1) is 19.2 Å². The Hall–Kier alpha value is -2.77. The van der Waals surface area contributed by atoms with E-state index in [-0.39, 0.29) is 25.1 Å². The quantitative estimate of drug-likeness (QED) is 0.648. The van der Waals surface area contributed by atoms with Crippen LogP contribution in [0.3, 0.4) is 0 Å². The van der Waals surface area contributed by atoms with Crippen LogP contribution in [0.4, 0.5) is 4.39 Å². The molecule has 0 saturated carbocycles.